The summed E-state index contributed by atoms with van der Waals surface area (Å²) in [6, 6.07) is 20.5. The molecule has 1 aliphatic heterocycles. The molecule has 0 radical (unpaired) electrons. The van der Waals surface area contributed by atoms with Crippen LogP contribution in [0.15, 0.2) is 66.7 Å². The molecule has 3 aromatic carbocycles. The smallest absolute Gasteiger partial charge is 0.255 e. The second kappa shape index (κ2) is 10.1. The van der Waals surface area contributed by atoms with Crippen LogP contribution in [-0.2, 0) is 24.3 Å². The van der Waals surface area contributed by atoms with Crippen molar-refractivity contribution >= 4 is 11.8 Å². The Labute approximate surface area is 205 Å². The van der Waals surface area contributed by atoms with Gasteiger partial charge in [0.2, 0.25) is 5.91 Å². The second-order valence-electron chi connectivity index (χ2n) is 8.75. The number of benzene rings is 3. The molecule has 1 heterocycles. The molecule has 2 amide bonds. The van der Waals surface area contributed by atoms with Crippen molar-refractivity contribution in [2.75, 3.05) is 21.3 Å². The fourth-order valence-electron chi connectivity index (χ4n) is 4.46. The maximum Gasteiger partial charge on any atom is 0.255 e. The number of methoxy groups -OCH3 is 3. The second-order valence-corrected chi connectivity index (χ2v) is 8.75. The summed E-state index contributed by atoms with van der Waals surface area (Å²) >= 11 is 0. The topological polar surface area (TPSA) is 77.1 Å². The Morgan fingerprint density at radius 2 is 1.54 bits per heavy atom. The van der Waals surface area contributed by atoms with E-state index in [9.17, 15) is 9.59 Å². The molecule has 1 atom stereocenters. The molecule has 0 saturated carbocycles. The number of hydrogen-bond donors (Lipinski definition) is 1. The Kier molecular flexibility index (Phi) is 6.96. The molecule has 0 aromatic heterocycles. The van der Waals surface area contributed by atoms with Crippen LogP contribution in [0, 0.1) is 0 Å². The molecule has 1 aliphatic rings. The van der Waals surface area contributed by atoms with Gasteiger partial charge >= 0.3 is 0 Å². The molecule has 0 fully saturated rings. The van der Waals surface area contributed by atoms with Crippen LogP contribution in [0.1, 0.15) is 34.0 Å². The summed E-state index contributed by atoms with van der Waals surface area (Å²) in [5.74, 6) is 1.55. The molecule has 0 spiro atoms. The van der Waals surface area contributed by atoms with Crippen molar-refractivity contribution in [3.8, 4) is 17.2 Å². The van der Waals surface area contributed by atoms with Gasteiger partial charge < -0.3 is 24.4 Å². The maximum absolute atomic E-state index is 13.7. The van der Waals surface area contributed by atoms with Gasteiger partial charge in [0.15, 0.2) is 0 Å². The fraction of sp³-hybridized carbons (Fsp3) is 0.286. The predicted octanol–water partition coefficient (Wildman–Crippen LogP) is 3.99. The van der Waals surface area contributed by atoms with Gasteiger partial charge in [-0.1, -0.05) is 30.3 Å². The lowest BCUT2D eigenvalue weighted by Gasteiger charge is -2.44. The molecule has 182 valence electrons. The largest absolute Gasteiger partial charge is 0.497 e. The standard InChI is InChI=1S/C28H30N2O5/c1-28(27(32)29-17-19-8-7-10-22(12-19)33-2)16-21-9-5-6-11-25(21)26(31)30(28)18-20-13-23(34-3)15-24(14-20)35-4/h5-15H,16-18H2,1-4H3,(H,29,32). The van der Waals surface area contributed by atoms with Gasteiger partial charge in [-0.15, -0.1) is 0 Å². The highest BCUT2D eigenvalue weighted by Gasteiger charge is 2.46. The molecule has 0 aliphatic carbocycles. The van der Waals surface area contributed by atoms with E-state index in [4.69, 9.17) is 14.2 Å². The first-order chi connectivity index (χ1) is 16.9. The first kappa shape index (κ1) is 24.1. The minimum atomic E-state index is -1.10. The van der Waals surface area contributed by atoms with Crippen LogP contribution in [0.5, 0.6) is 17.2 Å². The summed E-state index contributed by atoms with van der Waals surface area (Å²) in [6.07, 6.45) is 0.403. The zero-order valence-electron chi connectivity index (χ0n) is 20.5. The molecular weight excluding hydrogens is 444 g/mol. The monoisotopic (exact) mass is 474 g/mol. The first-order valence-electron chi connectivity index (χ1n) is 11.4. The van der Waals surface area contributed by atoms with Crippen molar-refractivity contribution in [1.82, 2.24) is 10.2 Å². The van der Waals surface area contributed by atoms with E-state index in [0.29, 0.717) is 30.0 Å². The van der Waals surface area contributed by atoms with E-state index in [2.05, 4.69) is 5.32 Å². The van der Waals surface area contributed by atoms with Crippen LogP contribution < -0.4 is 19.5 Å². The Balaban J connectivity index is 1.66. The van der Waals surface area contributed by atoms with Crippen molar-refractivity contribution in [3.63, 3.8) is 0 Å². The lowest BCUT2D eigenvalue weighted by molar-refractivity contribution is -0.132. The molecule has 4 rings (SSSR count). The lowest BCUT2D eigenvalue weighted by Crippen LogP contribution is -2.62. The van der Waals surface area contributed by atoms with Crippen LogP contribution in [0.3, 0.4) is 0 Å². The van der Waals surface area contributed by atoms with Gasteiger partial charge in [-0.25, -0.2) is 0 Å². The van der Waals surface area contributed by atoms with Crippen LogP contribution in [0.2, 0.25) is 0 Å². The molecule has 7 nitrogen and oxygen atoms in total. The number of rotatable bonds is 8. The van der Waals surface area contributed by atoms with Crippen molar-refractivity contribution in [2.45, 2.75) is 32.0 Å². The van der Waals surface area contributed by atoms with E-state index in [1.807, 2.05) is 67.6 Å². The van der Waals surface area contributed by atoms with E-state index in [1.54, 1.807) is 32.3 Å². The highest BCUT2D eigenvalue weighted by Crippen LogP contribution is 2.34. The third-order valence-corrected chi connectivity index (χ3v) is 6.45. The van der Waals surface area contributed by atoms with Gasteiger partial charge in [0.05, 0.1) is 21.3 Å². The molecule has 1 unspecified atom stereocenters. The Morgan fingerprint density at radius 3 is 2.23 bits per heavy atom. The normalized spacial score (nSPS) is 16.9. The van der Waals surface area contributed by atoms with E-state index < -0.39 is 5.54 Å². The van der Waals surface area contributed by atoms with E-state index >= 15 is 0 Å². The highest BCUT2D eigenvalue weighted by atomic mass is 16.5. The molecular formula is C28H30N2O5. The third kappa shape index (κ3) is 4.94. The van der Waals surface area contributed by atoms with Gasteiger partial charge in [-0.3, -0.25) is 9.59 Å². The van der Waals surface area contributed by atoms with Crippen LogP contribution in [0.25, 0.3) is 0 Å². The zero-order chi connectivity index (χ0) is 25.0. The molecule has 0 saturated heterocycles. The third-order valence-electron chi connectivity index (χ3n) is 6.45. The summed E-state index contributed by atoms with van der Waals surface area (Å²) in [5, 5.41) is 3.03. The fourth-order valence-corrected chi connectivity index (χ4v) is 4.46. The van der Waals surface area contributed by atoms with Gasteiger partial charge in [-0.05, 0) is 53.9 Å². The summed E-state index contributed by atoms with van der Waals surface area (Å²) in [7, 11) is 4.77. The van der Waals surface area contributed by atoms with Crippen molar-refractivity contribution in [1.29, 1.82) is 0 Å². The van der Waals surface area contributed by atoms with Gasteiger partial charge in [0.1, 0.15) is 22.8 Å². The van der Waals surface area contributed by atoms with Crippen molar-refractivity contribution in [2.24, 2.45) is 0 Å². The number of hydrogen-bond acceptors (Lipinski definition) is 5. The number of fused-ring (bicyclic) bond motifs is 1. The number of carbonyl (C=O) groups is 2. The minimum Gasteiger partial charge on any atom is -0.497 e. The van der Waals surface area contributed by atoms with Gasteiger partial charge in [0.25, 0.3) is 5.91 Å². The average molecular weight is 475 g/mol. The van der Waals surface area contributed by atoms with Crippen molar-refractivity contribution in [3.05, 3.63) is 89.0 Å². The number of amides is 2. The summed E-state index contributed by atoms with van der Waals surface area (Å²) in [5.41, 5.74) is 2.09. The summed E-state index contributed by atoms with van der Waals surface area (Å²) in [4.78, 5) is 29.0. The number of nitrogens with one attached hydrogen (secondary N) is 1. The minimum absolute atomic E-state index is 0.187. The number of carbonyl (C=O) groups excluding carboxylic acids is 2. The molecule has 0 bridgehead atoms. The van der Waals surface area contributed by atoms with Gasteiger partial charge in [-0.2, -0.15) is 0 Å². The molecule has 1 N–H and O–H groups in total. The lowest BCUT2D eigenvalue weighted by atomic mass is 9.82. The Hall–Kier alpha value is -4.00. The Morgan fingerprint density at radius 1 is 0.886 bits per heavy atom. The Bertz CT molecular complexity index is 1220. The van der Waals surface area contributed by atoms with Gasteiger partial charge in [0, 0.05) is 31.1 Å². The quantitative estimate of drug-likeness (QED) is 0.534. The van der Waals surface area contributed by atoms with E-state index in [-0.39, 0.29) is 18.4 Å². The van der Waals surface area contributed by atoms with E-state index in [0.717, 1.165) is 22.4 Å². The SMILES string of the molecule is COc1cccc(CNC(=O)C2(C)Cc3ccccc3C(=O)N2Cc2cc(OC)cc(OC)c2)c1. The van der Waals surface area contributed by atoms with Crippen molar-refractivity contribution < 1.29 is 23.8 Å². The number of ether oxygens (including phenoxy) is 3. The number of nitrogens with zero attached hydrogens (tertiary/aromatic N) is 1. The van der Waals surface area contributed by atoms with Crippen LogP contribution in [0.4, 0.5) is 0 Å². The summed E-state index contributed by atoms with van der Waals surface area (Å²) < 4.78 is 16.1. The zero-order valence-corrected chi connectivity index (χ0v) is 20.5. The van der Waals surface area contributed by atoms with E-state index in [1.165, 1.54) is 0 Å². The van der Waals surface area contributed by atoms with Crippen LogP contribution >= 0.6 is 0 Å². The predicted molar refractivity (Wildman–Crippen MR) is 133 cm³/mol. The maximum atomic E-state index is 13.7. The molecule has 7 heteroatoms. The first-order valence-corrected chi connectivity index (χ1v) is 11.4. The van der Waals surface area contributed by atoms with Crippen LogP contribution in [-0.4, -0.2) is 43.6 Å². The highest BCUT2D eigenvalue weighted by molar-refractivity contribution is 6.02. The summed E-state index contributed by atoms with van der Waals surface area (Å²) in [6.45, 7) is 2.37. The average Bonchev–Trinajstić information content (AvgIpc) is 2.89. The molecule has 3 aromatic rings. The molecule has 35 heavy (non-hydrogen) atoms.